The summed E-state index contributed by atoms with van der Waals surface area (Å²) < 4.78 is 0. The maximum absolute atomic E-state index is 11.6. The molecule has 0 fully saturated rings. The maximum atomic E-state index is 11.6. The first kappa shape index (κ1) is 16.5. The van der Waals surface area contributed by atoms with E-state index in [1.807, 2.05) is 6.07 Å². The fourth-order valence-corrected chi connectivity index (χ4v) is 1.53. The molecule has 0 saturated carbocycles. The molecule has 6 heteroatoms. The van der Waals surface area contributed by atoms with E-state index in [4.69, 9.17) is 10.2 Å². The summed E-state index contributed by atoms with van der Waals surface area (Å²) in [5.41, 5.74) is 0.735. The van der Waals surface area contributed by atoms with E-state index in [0.29, 0.717) is 0 Å². The van der Waals surface area contributed by atoms with Crippen LogP contribution < -0.4 is 0 Å². The van der Waals surface area contributed by atoms with Gasteiger partial charge in [0.15, 0.2) is 5.78 Å². The van der Waals surface area contributed by atoms with Crippen LogP contribution in [-0.2, 0) is 4.79 Å². The first-order chi connectivity index (χ1) is 9.47. The summed E-state index contributed by atoms with van der Waals surface area (Å²) in [6, 6.07) is 8.85. The lowest BCUT2D eigenvalue weighted by molar-refractivity contribution is -0.142. The van der Waals surface area contributed by atoms with Crippen LogP contribution in [0.5, 0.6) is 0 Å². The van der Waals surface area contributed by atoms with Crippen molar-refractivity contribution in [1.29, 1.82) is 0 Å². The first-order valence-electron chi connectivity index (χ1n) is 6.07. The van der Waals surface area contributed by atoms with Crippen molar-refractivity contribution in [2.75, 3.05) is 6.61 Å². The Hall–Kier alpha value is -1.57. The zero-order valence-corrected chi connectivity index (χ0v) is 10.7. The second-order valence-electron chi connectivity index (χ2n) is 4.32. The molecular weight excluding hydrogens is 264 g/mol. The van der Waals surface area contributed by atoms with Gasteiger partial charge in [0.2, 0.25) is 0 Å². The molecule has 5 N–H and O–H groups in total. The number of rotatable bonds is 7. The zero-order chi connectivity index (χ0) is 15.1. The highest BCUT2D eigenvalue weighted by Crippen LogP contribution is 2.08. The van der Waals surface area contributed by atoms with E-state index in [1.54, 1.807) is 24.3 Å². The van der Waals surface area contributed by atoms with Crippen molar-refractivity contribution in [2.45, 2.75) is 24.4 Å². The summed E-state index contributed by atoms with van der Waals surface area (Å²) in [6.45, 7) is -0.793. The molecule has 0 aromatic heterocycles. The van der Waals surface area contributed by atoms with Crippen LogP contribution in [0.15, 0.2) is 36.4 Å². The molecule has 0 heterocycles. The quantitative estimate of drug-likeness (QED) is 0.397. The van der Waals surface area contributed by atoms with Crippen LogP contribution in [0.3, 0.4) is 0 Å². The minimum Gasteiger partial charge on any atom is -0.394 e. The van der Waals surface area contributed by atoms with E-state index in [-0.39, 0.29) is 0 Å². The van der Waals surface area contributed by atoms with Crippen molar-refractivity contribution < 1.29 is 30.3 Å². The Labute approximate surface area is 116 Å². The second-order valence-corrected chi connectivity index (χ2v) is 4.32. The number of aliphatic hydroxyl groups excluding tert-OH is 5. The van der Waals surface area contributed by atoms with E-state index < -0.39 is 36.8 Å². The molecule has 20 heavy (non-hydrogen) atoms. The Morgan fingerprint density at radius 1 is 1.05 bits per heavy atom. The predicted molar refractivity (Wildman–Crippen MR) is 71.6 cm³/mol. The largest absolute Gasteiger partial charge is 0.394 e. The van der Waals surface area contributed by atoms with Gasteiger partial charge in [0.25, 0.3) is 0 Å². The third-order valence-electron chi connectivity index (χ3n) is 2.79. The first-order valence-corrected chi connectivity index (χ1v) is 6.07. The Morgan fingerprint density at radius 3 is 2.20 bits per heavy atom. The molecule has 0 aliphatic carbocycles. The Balaban J connectivity index is 2.65. The molecule has 110 valence electrons. The van der Waals surface area contributed by atoms with Crippen LogP contribution in [0.2, 0.25) is 0 Å². The van der Waals surface area contributed by atoms with Gasteiger partial charge >= 0.3 is 0 Å². The molecule has 6 nitrogen and oxygen atoms in total. The molecule has 1 rings (SSSR count). The van der Waals surface area contributed by atoms with Gasteiger partial charge in [0, 0.05) is 0 Å². The van der Waals surface area contributed by atoms with Crippen LogP contribution in [0.25, 0.3) is 6.08 Å². The smallest absolute Gasteiger partial charge is 0.186 e. The van der Waals surface area contributed by atoms with Crippen LogP contribution in [-0.4, -0.2) is 62.3 Å². The Bertz CT molecular complexity index is 444. The summed E-state index contributed by atoms with van der Waals surface area (Å²) >= 11 is 0. The van der Waals surface area contributed by atoms with E-state index in [0.717, 1.165) is 11.6 Å². The monoisotopic (exact) mass is 282 g/mol. The van der Waals surface area contributed by atoms with Crippen molar-refractivity contribution in [3.05, 3.63) is 42.0 Å². The molecule has 4 atom stereocenters. The minimum atomic E-state index is -1.88. The summed E-state index contributed by atoms with van der Waals surface area (Å²) in [6.07, 6.45) is -4.69. The third-order valence-corrected chi connectivity index (χ3v) is 2.79. The summed E-state index contributed by atoms with van der Waals surface area (Å²) in [7, 11) is 0. The Morgan fingerprint density at radius 2 is 1.65 bits per heavy atom. The second kappa shape index (κ2) is 7.88. The van der Waals surface area contributed by atoms with Crippen LogP contribution in [0.1, 0.15) is 5.56 Å². The molecule has 1 aromatic carbocycles. The average molecular weight is 282 g/mol. The van der Waals surface area contributed by atoms with Gasteiger partial charge in [-0.2, -0.15) is 0 Å². The lowest BCUT2D eigenvalue weighted by Crippen LogP contribution is -2.48. The molecule has 0 spiro atoms. The molecule has 0 radical (unpaired) electrons. The summed E-state index contributed by atoms with van der Waals surface area (Å²) in [4.78, 5) is 11.6. The van der Waals surface area contributed by atoms with Crippen molar-refractivity contribution >= 4 is 11.9 Å². The lowest BCUT2D eigenvalue weighted by Gasteiger charge is -2.24. The van der Waals surface area contributed by atoms with E-state index in [2.05, 4.69) is 0 Å². The van der Waals surface area contributed by atoms with Crippen molar-refractivity contribution in [3.8, 4) is 0 Å². The van der Waals surface area contributed by atoms with Gasteiger partial charge in [0.1, 0.15) is 24.4 Å². The molecule has 0 amide bonds. The Kier molecular flexibility index (Phi) is 6.50. The van der Waals surface area contributed by atoms with E-state index in [1.165, 1.54) is 6.08 Å². The highest BCUT2D eigenvalue weighted by molar-refractivity contribution is 5.97. The van der Waals surface area contributed by atoms with Gasteiger partial charge in [0.05, 0.1) is 6.61 Å². The lowest BCUT2D eigenvalue weighted by atomic mass is 10.00. The molecule has 0 saturated heterocycles. The number of ketones is 1. The van der Waals surface area contributed by atoms with Gasteiger partial charge in [-0.25, -0.2) is 0 Å². The molecule has 1 aromatic rings. The van der Waals surface area contributed by atoms with Gasteiger partial charge < -0.3 is 25.5 Å². The van der Waals surface area contributed by atoms with Crippen molar-refractivity contribution in [3.63, 3.8) is 0 Å². The number of hydrogen-bond acceptors (Lipinski definition) is 6. The van der Waals surface area contributed by atoms with Crippen molar-refractivity contribution in [1.82, 2.24) is 0 Å². The molecular formula is C14H18O6. The van der Waals surface area contributed by atoms with E-state index >= 15 is 0 Å². The average Bonchev–Trinajstić information content (AvgIpc) is 2.50. The van der Waals surface area contributed by atoms with Crippen LogP contribution in [0.4, 0.5) is 0 Å². The zero-order valence-electron chi connectivity index (χ0n) is 10.7. The number of aliphatic hydroxyl groups is 5. The van der Waals surface area contributed by atoms with Gasteiger partial charge in [-0.15, -0.1) is 0 Å². The summed E-state index contributed by atoms with van der Waals surface area (Å²) in [5, 5.41) is 46.3. The highest BCUT2D eigenvalue weighted by atomic mass is 16.4. The van der Waals surface area contributed by atoms with Crippen molar-refractivity contribution in [2.24, 2.45) is 0 Å². The van der Waals surface area contributed by atoms with Gasteiger partial charge in [-0.1, -0.05) is 36.4 Å². The van der Waals surface area contributed by atoms with Gasteiger partial charge in [-0.05, 0) is 11.6 Å². The number of hydrogen-bond donors (Lipinski definition) is 5. The fourth-order valence-electron chi connectivity index (χ4n) is 1.53. The van der Waals surface area contributed by atoms with E-state index in [9.17, 15) is 20.1 Å². The molecule has 0 aliphatic rings. The van der Waals surface area contributed by atoms with Gasteiger partial charge in [-0.3, -0.25) is 4.79 Å². The normalized spacial score (nSPS) is 17.6. The SMILES string of the molecule is O=C(C=Cc1ccccc1)[C@H](O)[C@@H](O)[C@@H](O)[C@H](O)CO. The topological polar surface area (TPSA) is 118 Å². The number of carbonyl (C=O) groups is 1. The maximum Gasteiger partial charge on any atom is 0.186 e. The highest BCUT2D eigenvalue weighted by Gasteiger charge is 2.32. The van der Waals surface area contributed by atoms with Crippen LogP contribution in [0, 0.1) is 0 Å². The molecule has 0 unspecified atom stereocenters. The molecule has 0 aliphatic heterocycles. The predicted octanol–water partition coefficient (Wildman–Crippen LogP) is -1.30. The molecule has 0 bridgehead atoms. The number of carbonyl (C=O) groups excluding carboxylic acids is 1. The van der Waals surface area contributed by atoms with Crippen LogP contribution >= 0.6 is 0 Å². The fraction of sp³-hybridized carbons (Fsp3) is 0.357. The third kappa shape index (κ3) is 4.52. The standard InChI is InChI=1S/C14H18O6/c15-8-11(17)13(19)14(20)12(18)10(16)7-6-9-4-2-1-3-5-9/h1-7,11-15,17-20H,8H2/t11-,12+,13+,14-/m1/s1. The minimum absolute atomic E-state index is 0.735. The summed E-state index contributed by atoms with van der Waals surface area (Å²) in [5.74, 6) is -0.814. The number of benzene rings is 1.